The summed E-state index contributed by atoms with van der Waals surface area (Å²) in [5.41, 5.74) is 3.66. The van der Waals surface area contributed by atoms with Crippen LogP contribution in [0.3, 0.4) is 0 Å². The average Bonchev–Trinajstić information content (AvgIpc) is 3.47. The first-order valence-electron chi connectivity index (χ1n) is 11.8. The van der Waals surface area contributed by atoms with Crippen LogP contribution in [0.4, 0.5) is 15.8 Å². The van der Waals surface area contributed by atoms with Gasteiger partial charge in [0.05, 0.1) is 22.8 Å². The molecule has 178 valence electrons. The van der Waals surface area contributed by atoms with Crippen LogP contribution in [0.25, 0.3) is 32.6 Å². The fourth-order valence-electron chi connectivity index (χ4n) is 4.94. The highest BCUT2D eigenvalue weighted by atomic mass is 32.1. The molecule has 0 saturated carbocycles. The number of aromatic nitrogens is 3. The number of rotatable bonds is 4. The van der Waals surface area contributed by atoms with Gasteiger partial charge in [0, 0.05) is 43.8 Å². The number of nitrogens with one attached hydrogen (secondary N) is 4. The standard InChI is InChI=1S/C24H28FN7OS/c1-31-7-9-32(10-8-31)14-2-3-18-19(12-14)29-22(28-18)20-21(27-17-4-6-26-13-16(17)25)15-5-11-34-24(15)30-23(20)33/h2-3,5,11-12,16-17,26H,4,6-10,13H2,1H3,(H,28,29)(H2,27,30,33)/t16-,17-/m1/s1. The van der Waals surface area contributed by atoms with Gasteiger partial charge in [0.1, 0.15) is 22.4 Å². The van der Waals surface area contributed by atoms with Crippen LogP contribution in [0, 0.1) is 0 Å². The fourth-order valence-corrected chi connectivity index (χ4v) is 5.73. The maximum Gasteiger partial charge on any atom is 0.262 e. The number of halogens is 1. The van der Waals surface area contributed by atoms with Crippen LogP contribution in [-0.2, 0) is 0 Å². The first-order valence-corrected chi connectivity index (χ1v) is 12.6. The van der Waals surface area contributed by atoms with Crippen molar-refractivity contribution in [2.75, 3.05) is 56.5 Å². The Bertz CT molecular complexity index is 1390. The van der Waals surface area contributed by atoms with Crippen LogP contribution < -0.4 is 21.1 Å². The molecule has 3 aromatic heterocycles. The lowest BCUT2D eigenvalue weighted by Crippen LogP contribution is -2.45. The van der Waals surface area contributed by atoms with Crippen molar-refractivity contribution in [1.82, 2.24) is 25.2 Å². The molecule has 10 heteroatoms. The third-order valence-electron chi connectivity index (χ3n) is 6.95. The van der Waals surface area contributed by atoms with Crippen LogP contribution in [0.15, 0.2) is 34.4 Å². The van der Waals surface area contributed by atoms with Gasteiger partial charge in [0.2, 0.25) is 0 Å². The molecule has 6 rings (SSSR count). The van der Waals surface area contributed by atoms with Gasteiger partial charge in [-0.05, 0) is 49.7 Å². The number of nitrogens with zero attached hydrogens (tertiary/aromatic N) is 3. The molecule has 0 bridgehead atoms. The first kappa shape index (κ1) is 21.6. The summed E-state index contributed by atoms with van der Waals surface area (Å²) < 4.78 is 14.7. The van der Waals surface area contributed by atoms with E-state index in [0.717, 1.165) is 59.7 Å². The summed E-state index contributed by atoms with van der Waals surface area (Å²) in [6.07, 6.45) is -0.385. The van der Waals surface area contributed by atoms with Gasteiger partial charge >= 0.3 is 0 Å². The zero-order valence-corrected chi connectivity index (χ0v) is 19.8. The van der Waals surface area contributed by atoms with E-state index in [2.05, 4.69) is 49.6 Å². The van der Waals surface area contributed by atoms with Crippen LogP contribution in [-0.4, -0.2) is 78.4 Å². The van der Waals surface area contributed by atoms with Crippen LogP contribution in [0.2, 0.25) is 0 Å². The first-order chi connectivity index (χ1) is 16.6. The molecule has 2 atom stereocenters. The number of fused-ring (bicyclic) bond motifs is 2. The SMILES string of the molecule is CN1CCN(c2ccc3nc(-c4c(N[C@@H]5CCNC[C@H]5F)c5ccsc5[nH]c4=O)[nH]c3c2)CC1. The Morgan fingerprint density at radius 3 is 2.85 bits per heavy atom. The summed E-state index contributed by atoms with van der Waals surface area (Å²) in [5.74, 6) is 0.492. The molecule has 2 saturated heterocycles. The van der Waals surface area contributed by atoms with Gasteiger partial charge < -0.3 is 30.4 Å². The second-order valence-corrected chi connectivity index (χ2v) is 10.1. The largest absolute Gasteiger partial charge is 0.378 e. The highest BCUT2D eigenvalue weighted by Crippen LogP contribution is 2.35. The van der Waals surface area contributed by atoms with Crippen LogP contribution >= 0.6 is 11.3 Å². The topological polar surface area (TPSA) is 92.1 Å². The third-order valence-corrected chi connectivity index (χ3v) is 7.78. The van der Waals surface area contributed by atoms with E-state index >= 15 is 0 Å². The predicted molar refractivity (Wildman–Crippen MR) is 137 cm³/mol. The molecule has 4 N–H and O–H groups in total. The Morgan fingerprint density at radius 1 is 1.18 bits per heavy atom. The van der Waals surface area contributed by atoms with E-state index in [0.29, 0.717) is 30.0 Å². The van der Waals surface area contributed by atoms with Crippen molar-refractivity contribution >= 4 is 44.0 Å². The Hall–Kier alpha value is -2.95. The summed E-state index contributed by atoms with van der Waals surface area (Å²) in [7, 11) is 2.14. The number of piperazine rings is 1. The van der Waals surface area contributed by atoms with Crippen molar-refractivity contribution in [2.24, 2.45) is 0 Å². The summed E-state index contributed by atoms with van der Waals surface area (Å²) in [6, 6.07) is 7.79. The Labute approximate surface area is 200 Å². The van der Waals surface area contributed by atoms with E-state index in [-0.39, 0.29) is 11.6 Å². The molecule has 1 aromatic carbocycles. The highest BCUT2D eigenvalue weighted by molar-refractivity contribution is 7.16. The second kappa shape index (κ2) is 8.68. The van der Waals surface area contributed by atoms with Gasteiger partial charge in [-0.15, -0.1) is 11.3 Å². The van der Waals surface area contributed by atoms with Gasteiger partial charge in [-0.25, -0.2) is 9.37 Å². The van der Waals surface area contributed by atoms with Gasteiger partial charge in [0.15, 0.2) is 0 Å². The van der Waals surface area contributed by atoms with Crippen molar-refractivity contribution in [2.45, 2.75) is 18.6 Å². The maximum atomic E-state index is 14.7. The Balaban J connectivity index is 1.42. The molecular weight excluding hydrogens is 453 g/mol. The van der Waals surface area contributed by atoms with Gasteiger partial charge in [-0.2, -0.15) is 0 Å². The zero-order chi connectivity index (χ0) is 23.2. The number of hydrogen-bond donors (Lipinski definition) is 4. The smallest absolute Gasteiger partial charge is 0.262 e. The fraction of sp³-hybridized carbons (Fsp3) is 0.417. The number of alkyl halides is 1. The number of H-pyrrole nitrogens is 2. The summed E-state index contributed by atoms with van der Waals surface area (Å²) in [4.78, 5) is 29.8. The average molecular weight is 482 g/mol. The molecular formula is C24H28FN7OS. The van der Waals surface area contributed by atoms with Crippen molar-refractivity contribution in [3.05, 3.63) is 40.0 Å². The van der Waals surface area contributed by atoms with Crippen molar-refractivity contribution in [3.63, 3.8) is 0 Å². The molecule has 0 radical (unpaired) electrons. The van der Waals surface area contributed by atoms with E-state index in [4.69, 9.17) is 4.98 Å². The van der Waals surface area contributed by atoms with E-state index in [1.807, 2.05) is 17.5 Å². The third kappa shape index (κ3) is 3.85. The monoisotopic (exact) mass is 481 g/mol. The predicted octanol–water partition coefficient (Wildman–Crippen LogP) is 3.00. The van der Waals surface area contributed by atoms with Crippen molar-refractivity contribution < 1.29 is 4.39 Å². The summed E-state index contributed by atoms with van der Waals surface area (Å²) >= 11 is 1.46. The van der Waals surface area contributed by atoms with Gasteiger partial charge in [-0.3, -0.25) is 4.79 Å². The van der Waals surface area contributed by atoms with E-state index in [9.17, 15) is 9.18 Å². The number of anilines is 2. The minimum absolute atomic E-state index is 0.236. The molecule has 0 unspecified atom stereocenters. The summed E-state index contributed by atoms with van der Waals surface area (Å²) in [5, 5.41) is 9.28. The molecule has 4 aromatic rings. The lowest BCUT2D eigenvalue weighted by molar-refractivity contribution is 0.245. The Kier molecular flexibility index (Phi) is 5.51. The minimum Gasteiger partial charge on any atom is -0.378 e. The lowest BCUT2D eigenvalue weighted by atomic mass is 10.0. The molecule has 5 heterocycles. The van der Waals surface area contributed by atoms with Crippen molar-refractivity contribution in [3.8, 4) is 11.4 Å². The van der Waals surface area contributed by atoms with Crippen molar-refractivity contribution in [1.29, 1.82) is 0 Å². The van der Waals surface area contributed by atoms with Gasteiger partial charge in [0.25, 0.3) is 5.56 Å². The molecule has 2 aliphatic heterocycles. The van der Waals surface area contributed by atoms with E-state index in [1.165, 1.54) is 11.3 Å². The number of thiophene rings is 1. The van der Waals surface area contributed by atoms with Crippen LogP contribution in [0.5, 0.6) is 0 Å². The molecule has 8 nitrogen and oxygen atoms in total. The number of likely N-dealkylation sites (N-methyl/N-ethyl adjacent to an activating group) is 1. The number of pyridine rings is 1. The summed E-state index contributed by atoms with van der Waals surface area (Å²) in [6.45, 7) is 5.07. The molecule has 0 aliphatic carbocycles. The molecule has 0 spiro atoms. The second-order valence-electron chi connectivity index (χ2n) is 9.20. The molecule has 0 amide bonds. The number of benzene rings is 1. The molecule has 2 fully saturated rings. The number of aromatic amines is 2. The molecule has 2 aliphatic rings. The number of imidazole rings is 1. The van der Waals surface area contributed by atoms with Crippen LogP contribution in [0.1, 0.15) is 6.42 Å². The number of hydrogen-bond acceptors (Lipinski definition) is 7. The lowest BCUT2D eigenvalue weighted by Gasteiger charge is -2.34. The number of piperidine rings is 1. The maximum absolute atomic E-state index is 14.7. The quantitative estimate of drug-likeness (QED) is 0.358. The Morgan fingerprint density at radius 2 is 2.03 bits per heavy atom. The molecule has 34 heavy (non-hydrogen) atoms. The van der Waals surface area contributed by atoms with E-state index < -0.39 is 6.17 Å². The zero-order valence-electron chi connectivity index (χ0n) is 19.0. The van der Waals surface area contributed by atoms with Gasteiger partial charge in [-0.1, -0.05) is 0 Å². The van der Waals surface area contributed by atoms with E-state index in [1.54, 1.807) is 0 Å². The highest BCUT2D eigenvalue weighted by Gasteiger charge is 2.28. The normalized spacial score (nSPS) is 22.0. The minimum atomic E-state index is -1.03.